The predicted octanol–water partition coefficient (Wildman–Crippen LogP) is 0.761. The van der Waals surface area contributed by atoms with Crippen LogP contribution >= 0.6 is 0 Å². The summed E-state index contributed by atoms with van der Waals surface area (Å²) in [5.41, 5.74) is 2.88. The number of amides is 1. The summed E-state index contributed by atoms with van der Waals surface area (Å²) < 4.78 is 6.61. The molecule has 0 bridgehead atoms. The molecule has 0 spiro atoms. The van der Waals surface area contributed by atoms with Gasteiger partial charge < -0.3 is 14.6 Å². The molecule has 21 heavy (non-hydrogen) atoms. The van der Waals surface area contributed by atoms with Crippen LogP contribution in [0.25, 0.3) is 11.1 Å². The molecule has 7 heteroatoms. The van der Waals surface area contributed by atoms with Crippen LogP contribution in [-0.4, -0.2) is 28.8 Å². The summed E-state index contributed by atoms with van der Waals surface area (Å²) in [5, 5.41) is 6.74. The van der Waals surface area contributed by atoms with Gasteiger partial charge in [-0.05, 0) is 12.1 Å². The first-order valence-corrected chi connectivity index (χ1v) is 6.61. The summed E-state index contributed by atoms with van der Waals surface area (Å²) in [7, 11) is 1.66. The van der Waals surface area contributed by atoms with Crippen molar-refractivity contribution in [2.75, 3.05) is 6.54 Å². The topological polar surface area (TPSA) is 85.8 Å². The van der Waals surface area contributed by atoms with Gasteiger partial charge in [0.15, 0.2) is 5.58 Å². The fourth-order valence-corrected chi connectivity index (χ4v) is 2.28. The van der Waals surface area contributed by atoms with Gasteiger partial charge in [0, 0.05) is 26.0 Å². The van der Waals surface area contributed by atoms with Crippen LogP contribution in [0.3, 0.4) is 0 Å². The first-order chi connectivity index (χ1) is 10.0. The molecule has 1 aliphatic heterocycles. The summed E-state index contributed by atoms with van der Waals surface area (Å²) in [5.74, 6) is -0.491. The van der Waals surface area contributed by atoms with Crippen molar-refractivity contribution in [3.05, 3.63) is 34.3 Å². The molecule has 7 nitrogen and oxygen atoms in total. The highest BCUT2D eigenvalue weighted by Crippen LogP contribution is 2.20. The molecule has 1 aromatic carbocycles. The van der Waals surface area contributed by atoms with Crippen molar-refractivity contribution in [2.24, 2.45) is 12.2 Å². The van der Waals surface area contributed by atoms with E-state index in [9.17, 15) is 9.59 Å². The number of hydrogen-bond acceptors (Lipinski definition) is 5. The van der Waals surface area contributed by atoms with E-state index in [1.54, 1.807) is 13.1 Å². The zero-order valence-electron chi connectivity index (χ0n) is 11.8. The van der Waals surface area contributed by atoms with E-state index < -0.39 is 5.76 Å². The molecule has 1 atom stereocenters. The molecular weight excluding hydrogens is 274 g/mol. The number of oxazole rings is 1. The first-order valence-electron chi connectivity index (χ1n) is 6.61. The lowest BCUT2D eigenvalue weighted by molar-refractivity contribution is -0.119. The number of nitrogens with one attached hydrogen (secondary N) is 1. The average molecular weight is 289 g/mol. The molecule has 0 saturated carbocycles. The van der Waals surface area contributed by atoms with Crippen molar-refractivity contribution in [1.29, 1.82) is 0 Å². The Morgan fingerprint density at radius 3 is 3.10 bits per heavy atom. The van der Waals surface area contributed by atoms with Crippen LogP contribution < -0.4 is 11.1 Å². The second-order valence-corrected chi connectivity index (χ2v) is 5.02. The normalized spacial score (nSPS) is 17.6. The molecule has 1 aliphatic rings. The molecule has 2 heterocycles. The Kier molecular flexibility index (Phi) is 3.25. The zero-order chi connectivity index (χ0) is 15.0. The molecule has 0 saturated heterocycles. The molecule has 3 rings (SSSR count). The maximum absolute atomic E-state index is 11.5. The van der Waals surface area contributed by atoms with E-state index in [2.05, 4.69) is 10.5 Å². The number of fused-ring (bicyclic) bond motifs is 1. The molecular formula is C14H15N3O4. The van der Waals surface area contributed by atoms with E-state index in [4.69, 9.17) is 9.25 Å². The monoisotopic (exact) mass is 289 g/mol. The minimum Gasteiger partial charge on any atom is -0.408 e. The number of oxime groups is 1. The Morgan fingerprint density at radius 1 is 1.52 bits per heavy atom. The van der Waals surface area contributed by atoms with Crippen LogP contribution in [0.1, 0.15) is 18.9 Å². The molecule has 1 N–H and O–H groups in total. The van der Waals surface area contributed by atoms with Gasteiger partial charge in [-0.1, -0.05) is 11.2 Å². The summed E-state index contributed by atoms with van der Waals surface area (Å²) in [6.45, 7) is 1.88. The Morgan fingerprint density at radius 2 is 2.33 bits per heavy atom. The summed E-state index contributed by atoms with van der Waals surface area (Å²) >= 11 is 0. The zero-order valence-corrected chi connectivity index (χ0v) is 11.8. The van der Waals surface area contributed by atoms with E-state index in [1.807, 2.05) is 12.1 Å². The number of nitrogens with zero attached hydrogens (tertiary/aromatic N) is 2. The van der Waals surface area contributed by atoms with Gasteiger partial charge in [-0.2, -0.15) is 0 Å². The minimum absolute atomic E-state index is 0.0977. The third-order valence-electron chi connectivity index (χ3n) is 3.44. The third-order valence-corrected chi connectivity index (χ3v) is 3.44. The predicted molar refractivity (Wildman–Crippen MR) is 76.2 cm³/mol. The Labute approximate surface area is 120 Å². The molecule has 1 aromatic heterocycles. The fourth-order valence-electron chi connectivity index (χ4n) is 2.28. The highest BCUT2D eigenvalue weighted by atomic mass is 16.6. The standard InChI is InChI=1S/C14H15N3O4/c1-8(18)15-7-10-6-11(16-21-10)9-3-4-12-13(5-9)20-14(19)17(12)2/h3-5,10H,6-7H2,1-2H3,(H,15,18). The second kappa shape index (κ2) is 5.08. The summed E-state index contributed by atoms with van der Waals surface area (Å²) in [6, 6.07) is 5.47. The molecule has 0 radical (unpaired) electrons. The van der Waals surface area contributed by atoms with Gasteiger partial charge in [-0.15, -0.1) is 0 Å². The lowest BCUT2D eigenvalue weighted by Gasteiger charge is -2.07. The maximum atomic E-state index is 11.5. The van der Waals surface area contributed by atoms with Gasteiger partial charge in [0.05, 0.1) is 17.8 Å². The van der Waals surface area contributed by atoms with Crippen LogP contribution in [0.15, 0.2) is 32.6 Å². The fraction of sp³-hybridized carbons (Fsp3) is 0.357. The van der Waals surface area contributed by atoms with Gasteiger partial charge in [-0.3, -0.25) is 9.36 Å². The van der Waals surface area contributed by atoms with Crippen LogP contribution in [0, 0.1) is 0 Å². The Hall–Kier alpha value is -2.57. The van der Waals surface area contributed by atoms with Crippen molar-refractivity contribution in [2.45, 2.75) is 19.4 Å². The lowest BCUT2D eigenvalue weighted by atomic mass is 10.0. The van der Waals surface area contributed by atoms with Crippen molar-refractivity contribution < 1.29 is 14.0 Å². The largest absolute Gasteiger partial charge is 0.419 e. The minimum atomic E-state index is -0.393. The van der Waals surface area contributed by atoms with E-state index >= 15 is 0 Å². The Balaban J connectivity index is 1.79. The van der Waals surface area contributed by atoms with Gasteiger partial charge in [0.1, 0.15) is 6.10 Å². The molecule has 1 unspecified atom stereocenters. The molecule has 2 aromatic rings. The van der Waals surface area contributed by atoms with E-state index in [1.165, 1.54) is 11.5 Å². The number of aromatic nitrogens is 1. The van der Waals surface area contributed by atoms with Crippen molar-refractivity contribution in [3.8, 4) is 0 Å². The van der Waals surface area contributed by atoms with Gasteiger partial charge in [-0.25, -0.2) is 4.79 Å². The van der Waals surface area contributed by atoms with Gasteiger partial charge in [0.25, 0.3) is 0 Å². The van der Waals surface area contributed by atoms with Crippen LogP contribution in [0.5, 0.6) is 0 Å². The molecule has 0 aliphatic carbocycles. The number of rotatable bonds is 3. The van der Waals surface area contributed by atoms with Crippen LogP contribution in [-0.2, 0) is 16.7 Å². The lowest BCUT2D eigenvalue weighted by Crippen LogP contribution is -2.30. The van der Waals surface area contributed by atoms with Crippen molar-refractivity contribution >= 4 is 22.7 Å². The summed E-state index contributed by atoms with van der Waals surface area (Å²) in [4.78, 5) is 27.6. The molecule has 0 fully saturated rings. The number of carbonyl (C=O) groups excluding carboxylic acids is 1. The number of carbonyl (C=O) groups is 1. The van der Waals surface area contributed by atoms with Gasteiger partial charge >= 0.3 is 5.76 Å². The second-order valence-electron chi connectivity index (χ2n) is 5.02. The van der Waals surface area contributed by atoms with E-state index in [-0.39, 0.29) is 12.0 Å². The molecule has 110 valence electrons. The third kappa shape index (κ3) is 2.54. The van der Waals surface area contributed by atoms with E-state index in [0.717, 1.165) is 16.8 Å². The highest BCUT2D eigenvalue weighted by molar-refractivity contribution is 6.03. The SMILES string of the molecule is CC(=O)NCC1CC(c2ccc3c(c2)oc(=O)n3C)=NO1. The maximum Gasteiger partial charge on any atom is 0.419 e. The number of benzene rings is 1. The highest BCUT2D eigenvalue weighted by Gasteiger charge is 2.23. The quantitative estimate of drug-likeness (QED) is 0.904. The van der Waals surface area contributed by atoms with Crippen LogP contribution in [0.2, 0.25) is 0 Å². The smallest absolute Gasteiger partial charge is 0.408 e. The molecule has 1 amide bonds. The Bertz CT molecular complexity index is 787. The average Bonchev–Trinajstić information content (AvgIpc) is 3.02. The van der Waals surface area contributed by atoms with E-state index in [0.29, 0.717) is 18.5 Å². The van der Waals surface area contributed by atoms with Crippen molar-refractivity contribution in [1.82, 2.24) is 9.88 Å². The van der Waals surface area contributed by atoms with Gasteiger partial charge in [0.2, 0.25) is 5.91 Å². The van der Waals surface area contributed by atoms with Crippen LogP contribution in [0.4, 0.5) is 0 Å². The number of aryl methyl sites for hydroxylation is 1. The van der Waals surface area contributed by atoms with Crippen molar-refractivity contribution in [3.63, 3.8) is 0 Å². The number of hydrogen-bond donors (Lipinski definition) is 1. The first kappa shape index (κ1) is 13.4. The summed E-state index contributed by atoms with van der Waals surface area (Å²) in [6.07, 6.45) is 0.436.